The van der Waals surface area contributed by atoms with Crippen LogP contribution in [-0.2, 0) is 6.42 Å². The summed E-state index contributed by atoms with van der Waals surface area (Å²) in [5.41, 5.74) is 3.03. The van der Waals surface area contributed by atoms with E-state index in [1.54, 1.807) is 24.5 Å². The summed E-state index contributed by atoms with van der Waals surface area (Å²) in [7, 11) is 0. The summed E-state index contributed by atoms with van der Waals surface area (Å²) in [5, 5.41) is 3.04. The van der Waals surface area contributed by atoms with Gasteiger partial charge in [-0.15, -0.1) is 11.3 Å². The Labute approximate surface area is 214 Å². The molecule has 0 aliphatic carbocycles. The summed E-state index contributed by atoms with van der Waals surface area (Å²) in [6.45, 7) is 10.2. The molecule has 0 aliphatic rings. The van der Waals surface area contributed by atoms with Gasteiger partial charge in [0.2, 0.25) is 0 Å². The molecule has 2 N–H and O–H groups in total. The minimum atomic E-state index is -0.262. The molecule has 188 valence electrons. The predicted octanol–water partition coefficient (Wildman–Crippen LogP) is 6.44. The number of carbonyl (C=O) groups is 2. The van der Waals surface area contributed by atoms with Gasteiger partial charge < -0.3 is 10.3 Å². The highest BCUT2D eigenvalue weighted by atomic mass is 32.1. The second-order valence-corrected chi connectivity index (χ2v) is 11.5. The van der Waals surface area contributed by atoms with E-state index >= 15 is 0 Å². The fourth-order valence-corrected chi connectivity index (χ4v) is 4.72. The molecule has 3 aromatic heterocycles. The van der Waals surface area contributed by atoms with Crippen molar-refractivity contribution in [1.29, 1.82) is 0 Å². The third kappa shape index (κ3) is 5.87. The Morgan fingerprint density at radius 2 is 1.83 bits per heavy atom. The zero-order chi connectivity index (χ0) is 26.0. The Hall–Kier alpha value is -3.39. The van der Waals surface area contributed by atoms with Crippen molar-refractivity contribution in [3.05, 3.63) is 70.6 Å². The van der Waals surface area contributed by atoms with Crippen molar-refractivity contribution in [1.82, 2.24) is 20.3 Å². The largest absolute Gasteiger partial charge is 0.349 e. The van der Waals surface area contributed by atoms with E-state index in [1.165, 1.54) is 23.5 Å². The van der Waals surface area contributed by atoms with Gasteiger partial charge in [-0.25, -0.2) is 14.4 Å². The van der Waals surface area contributed by atoms with Crippen molar-refractivity contribution in [3.8, 4) is 10.6 Å². The van der Waals surface area contributed by atoms with Crippen molar-refractivity contribution in [2.24, 2.45) is 11.3 Å². The molecule has 4 aromatic rings. The SMILES string of the molecule is CC(CC(=O)c1ccc(-c2cnc3[nH]cc(C(=O)N[C@@H](C)C(C)(C)C)c3n2)s1)Cc1ccc(F)cc1. The van der Waals surface area contributed by atoms with E-state index in [-0.39, 0.29) is 34.9 Å². The Morgan fingerprint density at radius 1 is 1.11 bits per heavy atom. The third-order valence-electron chi connectivity index (χ3n) is 6.44. The number of benzene rings is 1. The quantitative estimate of drug-likeness (QED) is 0.269. The fourth-order valence-electron chi connectivity index (χ4n) is 3.81. The molecule has 0 fully saturated rings. The number of nitrogens with one attached hydrogen (secondary N) is 2. The molecule has 6 nitrogen and oxygen atoms in total. The lowest BCUT2D eigenvalue weighted by Crippen LogP contribution is -2.41. The highest BCUT2D eigenvalue weighted by Crippen LogP contribution is 2.30. The van der Waals surface area contributed by atoms with Crippen LogP contribution in [0.1, 0.15) is 66.6 Å². The molecule has 0 saturated carbocycles. The van der Waals surface area contributed by atoms with Gasteiger partial charge in [-0.05, 0) is 54.5 Å². The average Bonchev–Trinajstić information content (AvgIpc) is 3.47. The number of hydrogen-bond donors (Lipinski definition) is 2. The molecular weight excluding hydrogens is 475 g/mol. The molecule has 0 aliphatic heterocycles. The summed E-state index contributed by atoms with van der Waals surface area (Å²) < 4.78 is 13.1. The van der Waals surface area contributed by atoms with Gasteiger partial charge in [0, 0.05) is 18.7 Å². The molecular formula is C28H31FN4O2S. The van der Waals surface area contributed by atoms with Gasteiger partial charge >= 0.3 is 0 Å². The standard InChI is InChI=1S/C28H31FN4O2S/c1-16(12-18-6-8-19(29)9-7-18)13-22(34)24-11-10-23(36-24)21-15-31-26-25(33-21)20(14-30-26)27(35)32-17(2)28(3,4)5/h6-11,14-17H,12-13H2,1-5H3,(H,30,31)(H,32,35)/t16?,17-/m0/s1. The van der Waals surface area contributed by atoms with E-state index in [0.717, 1.165) is 10.4 Å². The van der Waals surface area contributed by atoms with Gasteiger partial charge in [0.05, 0.1) is 27.2 Å². The maximum absolute atomic E-state index is 13.1. The lowest BCUT2D eigenvalue weighted by molar-refractivity contribution is 0.0910. The van der Waals surface area contributed by atoms with Crippen molar-refractivity contribution < 1.29 is 14.0 Å². The first-order valence-corrected chi connectivity index (χ1v) is 12.9. The van der Waals surface area contributed by atoms with E-state index in [4.69, 9.17) is 4.98 Å². The summed E-state index contributed by atoms with van der Waals surface area (Å²) in [6, 6.07) is 10.1. The molecule has 1 unspecified atom stereocenters. The van der Waals surface area contributed by atoms with Crippen LogP contribution < -0.4 is 5.32 Å². The number of nitrogens with zero attached hydrogens (tertiary/aromatic N) is 2. The zero-order valence-electron chi connectivity index (χ0n) is 21.2. The van der Waals surface area contributed by atoms with Crippen molar-refractivity contribution in [2.75, 3.05) is 0 Å². The first-order chi connectivity index (χ1) is 17.0. The molecule has 0 radical (unpaired) electrons. The Morgan fingerprint density at radius 3 is 2.53 bits per heavy atom. The first-order valence-electron chi connectivity index (χ1n) is 12.0. The van der Waals surface area contributed by atoms with Crippen LogP contribution >= 0.6 is 11.3 Å². The van der Waals surface area contributed by atoms with Crippen LogP contribution in [0, 0.1) is 17.2 Å². The fraction of sp³-hybridized carbons (Fsp3) is 0.357. The first kappa shape index (κ1) is 25.7. The van der Waals surface area contributed by atoms with E-state index in [0.29, 0.717) is 40.1 Å². The van der Waals surface area contributed by atoms with Gasteiger partial charge in [-0.2, -0.15) is 0 Å². The monoisotopic (exact) mass is 506 g/mol. The normalized spacial score (nSPS) is 13.5. The second kappa shape index (κ2) is 10.3. The third-order valence-corrected chi connectivity index (χ3v) is 7.59. The second-order valence-electron chi connectivity index (χ2n) is 10.4. The Bertz CT molecular complexity index is 1380. The van der Waals surface area contributed by atoms with Crippen molar-refractivity contribution in [3.63, 3.8) is 0 Å². The summed E-state index contributed by atoms with van der Waals surface area (Å²) in [5.74, 6) is -0.275. The van der Waals surface area contributed by atoms with Crippen LogP contribution in [0.25, 0.3) is 21.7 Å². The van der Waals surface area contributed by atoms with Gasteiger partial charge in [0.15, 0.2) is 11.4 Å². The average molecular weight is 507 g/mol. The van der Waals surface area contributed by atoms with Crippen molar-refractivity contribution >= 4 is 34.2 Å². The molecule has 0 bridgehead atoms. The van der Waals surface area contributed by atoms with Crippen LogP contribution in [0.3, 0.4) is 0 Å². The number of amides is 1. The molecule has 4 rings (SSSR count). The molecule has 8 heteroatoms. The maximum atomic E-state index is 13.1. The number of Topliss-reactive ketones (excluding diaryl/α,β-unsaturated/α-hetero) is 1. The Balaban J connectivity index is 1.48. The van der Waals surface area contributed by atoms with E-state index in [2.05, 4.69) is 36.1 Å². The number of ketones is 1. The topological polar surface area (TPSA) is 87.7 Å². The molecule has 2 atom stereocenters. The van der Waals surface area contributed by atoms with E-state index in [1.807, 2.05) is 26.0 Å². The summed E-state index contributed by atoms with van der Waals surface area (Å²) in [4.78, 5) is 39.4. The minimum absolute atomic E-state index is 0.0255. The van der Waals surface area contributed by atoms with Gasteiger partial charge in [0.1, 0.15) is 11.3 Å². The van der Waals surface area contributed by atoms with Gasteiger partial charge in [-0.3, -0.25) is 9.59 Å². The predicted molar refractivity (Wildman–Crippen MR) is 142 cm³/mol. The number of rotatable bonds is 8. The number of aromatic amines is 1. The number of fused-ring (bicyclic) bond motifs is 1. The van der Waals surface area contributed by atoms with Crippen molar-refractivity contribution in [2.45, 2.75) is 53.5 Å². The number of halogens is 1. The highest BCUT2D eigenvalue weighted by molar-refractivity contribution is 7.17. The molecule has 1 aromatic carbocycles. The molecule has 0 saturated heterocycles. The van der Waals surface area contributed by atoms with Crippen LogP contribution in [0.15, 0.2) is 48.8 Å². The van der Waals surface area contributed by atoms with Crippen LogP contribution in [0.2, 0.25) is 0 Å². The maximum Gasteiger partial charge on any atom is 0.255 e. The van der Waals surface area contributed by atoms with Gasteiger partial charge in [-0.1, -0.05) is 39.8 Å². The number of carbonyl (C=O) groups excluding carboxylic acids is 2. The molecule has 36 heavy (non-hydrogen) atoms. The number of hydrogen-bond acceptors (Lipinski definition) is 5. The van der Waals surface area contributed by atoms with Crippen LogP contribution in [-0.4, -0.2) is 32.7 Å². The van der Waals surface area contributed by atoms with Crippen LogP contribution in [0.4, 0.5) is 4.39 Å². The van der Waals surface area contributed by atoms with E-state index < -0.39 is 0 Å². The highest BCUT2D eigenvalue weighted by Gasteiger charge is 2.24. The summed E-state index contributed by atoms with van der Waals surface area (Å²) >= 11 is 1.37. The number of aromatic nitrogens is 3. The smallest absolute Gasteiger partial charge is 0.255 e. The zero-order valence-corrected chi connectivity index (χ0v) is 22.0. The van der Waals surface area contributed by atoms with Crippen LogP contribution in [0.5, 0.6) is 0 Å². The Kier molecular flexibility index (Phi) is 7.36. The molecule has 0 spiro atoms. The minimum Gasteiger partial charge on any atom is -0.349 e. The molecule has 3 heterocycles. The number of thiophene rings is 1. The molecule has 1 amide bonds. The van der Waals surface area contributed by atoms with Gasteiger partial charge in [0.25, 0.3) is 5.91 Å². The van der Waals surface area contributed by atoms with E-state index in [9.17, 15) is 14.0 Å². The number of H-pyrrole nitrogens is 1. The summed E-state index contributed by atoms with van der Waals surface area (Å²) in [6.07, 6.45) is 4.38. The lowest BCUT2D eigenvalue weighted by Gasteiger charge is -2.27. The lowest BCUT2D eigenvalue weighted by atomic mass is 9.88.